The second kappa shape index (κ2) is 7.24. The Kier molecular flexibility index (Phi) is 5.95. The Morgan fingerprint density at radius 2 is 1.94 bits per heavy atom. The second-order valence-electron chi connectivity index (χ2n) is 4.58. The highest BCUT2D eigenvalue weighted by Crippen LogP contribution is 2.29. The van der Waals surface area contributed by atoms with E-state index in [1.807, 2.05) is 0 Å². The summed E-state index contributed by atoms with van der Waals surface area (Å²) in [6.07, 6.45) is 2.66. The first-order valence-electron chi connectivity index (χ1n) is 6.41. The average Bonchev–Trinajstić information content (AvgIpc) is 2.28. The van der Waals surface area contributed by atoms with Crippen molar-refractivity contribution in [1.82, 2.24) is 0 Å². The molecule has 4 nitrogen and oxygen atoms in total. The molecule has 0 saturated carbocycles. The molecule has 1 unspecified atom stereocenters. The minimum Gasteiger partial charge on any atom is -0.508 e. The first kappa shape index (κ1) is 14.8. The van der Waals surface area contributed by atoms with Gasteiger partial charge in [-0.2, -0.15) is 0 Å². The van der Waals surface area contributed by atoms with Gasteiger partial charge in [-0.1, -0.05) is 13.3 Å². The SMILES string of the molecule is CCCCc1c(O)cc(O)cc1CC(O)CCO. The Balaban J connectivity index is 2.91. The van der Waals surface area contributed by atoms with Gasteiger partial charge in [0.05, 0.1) is 6.10 Å². The summed E-state index contributed by atoms with van der Waals surface area (Å²) in [5.41, 5.74) is 1.54. The van der Waals surface area contributed by atoms with Crippen LogP contribution >= 0.6 is 0 Å². The fourth-order valence-corrected chi connectivity index (χ4v) is 2.03. The summed E-state index contributed by atoms with van der Waals surface area (Å²) in [4.78, 5) is 0. The van der Waals surface area contributed by atoms with Crippen LogP contribution in [0.4, 0.5) is 0 Å². The van der Waals surface area contributed by atoms with Crippen LogP contribution in [0.2, 0.25) is 0 Å². The summed E-state index contributed by atoms with van der Waals surface area (Å²) in [6, 6.07) is 2.90. The predicted molar refractivity (Wildman–Crippen MR) is 69.8 cm³/mol. The third-order valence-corrected chi connectivity index (χ3v) is 3.00. The Bertz CT molecular complexity index is 376. The number of unbranched alkanes of at least 4 members (excludes halogenated alkanes) is 1. The fraction of sp³-hybridized carbons (Fsp3) is 0.571. The summed E-state index contributed by atoms with van der Waals surface area (Å²) in [6.45, 7) is 1.99. The van der Waals surface area contributed by atoms with Crippen molar-refractivity contribution in [3.63, 3.8) is 0 Å². The number of benzene rings is 1. The summed E-state index contributed by atoms with van der Waals surface area (Å²) in [7, 11) is 0. The average molecular weight is 254 g/mol. The molecule has 0 radical (unpaired) electrons. The van der Waals surface area contributed by atoms with E-state index in [1.54, 1.807) is 6.07 Å². The molecule has 0 aliphatic rings. The molecule has 1 aromatic carbocycles. The topological polar surface area (TPSA) is 80.9 Å². The van der Waals surface area contributed by atoms with E-state index in [1.165, 1.54) is 6.07 Å². The van der Waals surface area contributed by atoms with Crippen LogP contribution < -0.4 is 0 Å². The maximum Gasteiger partial charge on any atom is 0.122 e. The summed E-state index contributed by atoms with van der Waals surface area (Å²) < 4.78 is 0. The third kappa shape index (κ3) is 4.20. The van der Waals surface area contributed by atoms with E-state index >= 15 is 0 Å². The van der Waals surface area contributed by atoms with Crippen LogP contribution in [0.1, 0.15) is 37.3 Å². The van der Waals surface area contributed by atoms with Crippen molar-refractivity contribution in [3.05, 3.63) is 23.3 Å². The monoisotopic (exact) mass is 254 g/mol. The maximum atomic E-state index is 9.85. The summed E-state index contributed by atoms with van der Waals surface area (Å²) in [5, 5.41) is 37.8. The zero-order valence-electron chi connectivity index (χ0n) is 10.8. The van der Waals surface area contributed by atoms with E-state index in [4.69, 9.17) is 5.11 Å². The quantitative estimate of drug-likeness (QED) is 0.597. The number of aromatic hydroxyl groups is 2. The highest BCUT2D eigenvalue weighted by atomic mass is 16.3. The Morgan fingerprint density at radius 1 is 1.22 bits per heavy atom. The molecule has 0 bridgehead atoms. The van der Waals surface area contributed by atoms with E-state index in [0.717, 1.165) is 30.4 Å². The molecule has 4 N–H and O–H groups in total. The predicted octanol–water partition coefficient (Wildman–Crippen LogP) is 1.73. The van der Waals surface area contributed by atoms with Gasteiger partial charge in [-0.3, -0.25) is 0 Å². The Morgan fingerprint density at radius 3 is 2.56 bits per heavy atom. The van der Waals surface area contributed by atoms with Crippen LogP contribution in [0, 0.1) is 0 Å². The lowest BCUT2D eigenvalue weighted by molar-refractivity contribution is 0.133. The number of phenolic OH excluding ortho intramolecular Hbond substituents is 2. The molecule has 0 amide bonds. The maximum absolute atomic E-state index is 9.85. The molecular formula is C14H22O4. The molecule has 0 fully saturated rings. The van der Waals surface area contributed by atoms with E-state index in [0.29, 0.717) is 12.8 Å². The molecule has 0 aromatic heterocycles. The van der Waals surface area contributed by atoms with Gasteiger partial charge in [-0.15, -0.1) is 0 Å². The van der Waals surface area contributed by atoms with Crippen molar-refractivity contribution in [2.45, 2.75) is 45.1 Å². The molecule has 0 saturated heterocycles. The van der Waals surface area contributed by atoms with Crippen LogP contribution in [0.5, 0.6) is 11.5 Å². The van der Waals surface area contributed by atoms with Crippen molar-refractivity contribution in [2.75, 3.05) is 6.61 Å². The van der Waals surface area contributed by atoms with Crippen LogP contribution in [-0.4, -0.2) is 33.1 Å². The van der Waals surface area contributed by atoms with Gasteiger partial charge in [0, 0.05) is 12.7 Å². The zero-order chi connectivity index (χ0) is 13.5. The minimum atomic E-state index is -0.656. The molecule has 4 heteroatoms. The van der Waals surface area contributed by atoms with Gasteiger partial charge in [0.15, 0.2) is 0 Å². The second-order valence-corrected chi connectivity index (χ2v) is 4.58. The number of aliphatic hydroxyl groups excluding tert-OH is 2. The Hall–Kier alpha value is -1.26. The highest BCUT2D eigenvalue weighted by molar-refractivity contribution is 5.45. The lowest BCUT2D eigenvalue weighted by Gasteiger charge is -2.15. The molecular weight excluding hydrogens is 232 g/mol. The molecule has 0 aliphatic carbocycles. The zero-order valence-corrected chi connectivity index (χ0v) is 10.8. The molecule has 0 spiro atoms. The number of phenols is 2. The standard InChI is InChI=1S/C14H22O4/c1-2-3-4-13-10(7-11(16)5-6-15)8-12(17)9-14(13)18/h8-9,11,15-18H,2-7H2,1H3. The molecule has 1 rings (SSSR count). The molecule has 102 valence electrons. The first-order chi connectivity index (χ1) is 8.58. The molecule has 18 heavy (non-hydrogen) atoms. The summed E-state index contributed by atoms with van der Waals surface area (Å²) in [5.74, 6) is 0.0774. The molecule has 1 atom stereocenters. The van der Waals surface area contributed by atoms with Gasteiger partial charge >= 0.3 is 0 Å². The molecule has 1 aromatic rings. The largest absolute Gasteiger partial charge is 0.508 e. The van der Waals surface area contributed by atoms with Crippen molar-refractivity contribution >= 4 is 0 Å². The fourth-order valence-electron chi connectivity index (χ4n) is 2.03. The van der Waals surface area contributed by atoms with Gasteiger partial charge in [0.2, 0.25) is 0 Å². The Labute approximate surface area is 108 Å². The lowest BCUT2D eigenvalue weighted by atomic mass is 9.95. The smallest absolute Gasteiger partial charge is 0.122 e. The van der Waals surface area contributed by atoms with Crippen LogP contribution in [0.25, 0.3) is 0 Å². The van der Waals surface area contributed by atoms with Crippen molar-refractivity contribution < 1.29 is 20.4 Å². The van der Waals surface area contributed by atoms with E-state index in [-0.39, 0.29) is 18.1 Å². The van der Waals surface area contributed by atoms with Crippen molar-refractivity contribution in [1.29, 1.82) is 0 Å². The van der Waals surface area contributed by atoms with E-state index in [9.17, 15) is 15.3 Å². The number of hydrogen-bond acceptors (Lipinski definition) is 4. The number of hydrogen-bond donors (Lipinski definition) is 4. The highest BCUT2D eigenvalue weighted by Gasteiger charge is 2.13. The van der Waals surface area contributed by atoms with Gasteiger partial charge in [-0.25, -0.2) is 0 Å². The van der Waals surface area contributed by atoms with Gasteiger partial charge < -0.3 is 20.4 Å². The minimum absolute atomic E-state index is 0.000975. The first-order valence-corrected chi connectivity index (χ1v) is 6.41. The normalized spacial score (nSPS) is 12.6. The molecule has 0 aliphatic heterocycles. The lowest BCUT2D eigenvalue weighted by Crippen LogP contribution is -2.13. The van der Waals surface area contributed by atoms with Crippen molar-refractivity contribution in [3.8, 4) is 11.5 Å². The third-order valence-electron chi connectivity index (χ3n) is 3.00. The van der Waals surface area contributed by atoms with Gasteiger partial charge in [0.1, 0.15) is 11.5 Å². The van der Waals surface area contributed by atoms with Gasteiger partial charge in [0.25, 0.3) is 0 Å². The van der Waals surface area contributed by atoms with E-state index < -0.39 is 6.10 Å². The van der Waals surface area contributed by atoms with E-state index in [2.05, 4.69) is 6.92 Å². The van der Waals surface area contributed by atoms with Crippen LogP contribution in [-0.2, 0) is 12.8 Å². The van der Waals surface area contributed by atoms with Crippen molar-refractivity contribution in [2.24, 2.45) is 0 Å². The van der Waals surface area contributed by atoms with Gasteiger partial charge in [-0.05, 0) is 42.9 Å². The van der Waals surface area contributed by atoms with Crippen LogP contribution in [0.3, 0.4) is 0 Å². The summed E-state index contributed by atoms with van der Waals surface area (Å²) >= 11 is 0. The number of aliphatic hydroxyl groups is 2. The van der Waals surface area contributed by atoms with Crippen LogP contribution in [0.15, 0.2) is 12.1 Å². The molecule has 0 heterocycles. The number of rotatable bonds is 7.